The van der Waals surface area contributed by atoms with E-state index in [1.165, 1.54) is 6.92 Å². The molecule has 8 heteroatoms. The average Bonchev–Trinajstić information content (AvgIpc) is 2.55. The third-order valence-corrected chi connectivity index (χ3v) is 3.41. The molecule has 0 heterocycles. The lowest BCUT2D eigenvalue weighted by atomic mass is 9.82. The molecular formula is C16H20FNO6. The summed E-state index contributed by atoms with van der Waals surface area (Å²) < 4.78 is 24.0. The number of carbonyl (C=O) groups excluding carboxylic acids is 2. The minimum atomic E-state index is -1.90. The summed E-state index contributed by atoms with van der Waals surface area (Å²) in [6.07, 6.45) is 1.08. The zero-order valence-corrected chi connectivity index (χ0v) is 13.8. The van der Waals surface area contributed by atoms with Crippen molar-refractivity contribution < 1.29 is 28.4 Å². The third kappa shape index (κ3) is 4.06. The van der Waals surface area contributed by atoms with E-state index in [9.17, 15) is 24.1 Å². The van der Waals surface area contributed by atoms with Gasteiger partial charge in [0, 0.05) is 6.07 Å². The van der Waals surface area contributed by atoms with Gasteiger partial charge in [-0.1, -0.05) is 19.9 Å². The number of esters is 2. The fraction of sp³-hybridized carbons (Fsp3) is 0.500. The normalized spacial score (nSPS) is 11.0. The van der Waals surface area contributed by atoms with Gasteiger partial charge in [-0.3, -0.25) is 19.7 Å². The van der Waals surface area contributed by atoms with E-state index in [0.717, 1.165) is 18.2 Å². The molecule has 0 amide bonds. The molecule has 0 radical (unpaired) electrons. The molecule has 24 heavy (non-hydrogen) atoms. The zero-order valence-electron chi connectivity index (χ0n) is 13.8. The van der Waals surface area contributed by atoms with Crippen LogP contribution in [0.3, 0.4) is 0 Å². The van der Waals surface area contributed by atoms with Crippen LogP contribution in [0.2, 0.25) is 0 Å². The van der Waals surface area contributed by atoms with Crippen LogP contribution < -0.4 is 0 Å². The van der Waals surface area contributed by atoms with Gasteiger partial charge in [-0.05, 0) is 31.4 Å². The van der Waals surface area contributed by atoms with E-state index >= 15 is 0 Å². The number of halogens is 1. The Kier molecular flexibility index (Phi) is 6.82. The van der Waals surface area contributed by atoms with Crippen molar-refractivity contribution in [2.75, 3.05) is 13.2 Å². The summed E-state index contributed by atoms with van der Waals surface area (Å²) in [5.74, 6) is -2.92. The van der Waals surface area contributed by atoms with Gasteiger partial charge in [0.15, 0.2) is 5.41 Å². The quantitative estimate of drug-likeness (QED) is 0.312. The minimum Gasteiger partial charge on any atom is -0.465 e. The number of hydrogen-bond acceptors (Lipinski definition) is 6. The first-order valence-electron chi connectivity index (χ1n) is 7.57. The maximum absolute atomic E-state index is 13.9. The van der Waals surface area contributed by atoms with Crippen molar-refractivity contribution in [1.29, 1.82) is 0 Å². The molecule has 0 aliphatic heterocycles. The van der Waals surface area contributed by atoms with Crippen LogP contribution in [0.4, 0.5) is 10.1 Å². The first-order chi connectivity index (χ1) is 11.3. The first kappa shape index (κ1) is 19.5. The maximum atomic E-state index is 13.9. The van der Waals surface area contributed by atoms with E-state index in [0.29, 0.717) is 12.8 Å². The van der Waals surface area contributed by atoms with Crippen molar-refractivity contribution in [1.82, 2.24) is 0 Å². The second-order valence-corrected chi connectivity index (χ2v) is 5.32. The predicted octanol–water partition coefficient (Wildman–Crippen LogP) is 2.90. The minimum absolute atomic E-state index is 0.0622. The van der Waals surface area contributed by atoms with E-state index in [1.807, 2.05) is 0 Å². The number of benzene rings is 1. The molecule has 1 aromatic rings. The summed E-state index contributed by atoms with van der Waals surface area (Å²) >= 11 is 0. The van der Waals surface area contributed by atoms with Gasteiger partial charge in [-0.2, -0.15) is 4.39 Å². The van der Waals surface area contributed by atoms with Gasteiger partial charge in [-0.25, -0.2) is 0 Å². The SMILES string of the molecule is CCCOC(=O)C(C)(C(=O)OCCC)c1ccc([N+](=O)[O-])c(F)c1. The molecule has 0 unspecified atom stereocenters. The Morgan fingerprint density at radius 3 is 2.04 bits per heavy atom. The van der Waals surface area contributed by atoms with Crippen LogP contribution in [0.1, 0.15) is 39.2 Å². The van der Waals surface area contributed by atoms with Crippen LogP contribution in [0.15, 0.2) is 18.2 Å². The summed E-state index contributed by atoms with van der Waals surface area (Å²) in [4.78, 5) is 34.6. The highest BCUT2D eigenvalue weighted by Gasteiger charge is 2.46. The maximum Gasteiger partial charge on any atom is 0.327 e. The molecule has 132 valence electrons. The fourth-order valence-corrected chi connectivity index (χ4v) is 1.96. The summed E-state index contributed by atoms with van der Waals surface area (Å²) in [5, 5.41) is 10.7. The topological polar surface area (TPSA) is 95.7 Å². The van der Waals surface area contributed by atoms with Gasteiger partial charge in [0.25, 0.3) is 0 Å². The number of rotatable bonds is 8. The summed E-state index contributed by atoms with van der Waals surface area (Å²) in [6.45, 7) is 5.00. The molecule has 0 aliphatic rings. The summed E-state index contributed by atoms with van der Waals surface area (Å²) in [5.41, 5.74) is -2.71. The number of nitrogens with zero attached hydrogens (tertiary/aromatic N) is 1. The Morgan fingerprint density at radius 1 is 1.17 bits per heavy atom. The zero-order chi connectivity index (χ0) is 18.3. The van der Waals surface area contributed by atoms with Crippen molar-refractivity contribution in [3.63, 3.8) is 0 Å². The lowest BCUT2D eigenvalue weighted by molar-refractivity contribution is -0.387. The predicted molar refractivity (Wildman–Crippen MR) is 82.9 cm³/mol. The second-order valence-electron chi connectivity index (χ2n) is 5.32. The lowest BCUT2D eigenvalue weighted by Gasteiger charge is -2.25. The fourth-order valence-electron chi connectivity index (χ4n) is 1.96. The third-order valence-electron chi connectivity index (χ3n) is 3.41. The highest BCUT2D eigenvalue weighted by Crippen LogP contribution is 2.31. The highest BCUT2D eigenvalue weighted by atomic mass is 19.1. The molecule has 0 aliphatic carbocycles. The Morgan fingerprint density at radius 2 is 1.67 bits per heavy atom. The number of hydrogen-bond donors (Lipinski definition) is 0. The van der Waals surface area contributed by atoms with Gasteiger partial charge in [-0.15, -0.1) is 0 Å². The van der Waals surface area contributed by atoms with Crippen LogP contribution in [0.5, 0.6) is 0 Å². The highest BCUT2D eigenvalue weighted by molar-refractivity contribution is 6.05. The van der Waals surface area contributed by atoms with E-state index in [-0.39, 0.29) is 18.8 Å². The van der Waals surface area contributed by atoms with Crippen LogP contribution in [0.25, 0.3) is 0 Å². The molecule has 1 rings (SSSR count). The lowest BCUT2D eigenvalue weighted by Crippen LogP contribution is -2.43. The smallest absolute Gasteiger partial charge is 0.327 e. The van der Waals surface area contributed by atoms with Crippen molar-refractivity contribution in [3.05, 3.63) is 39.7 Å². The molecule has 7 nitrogen and oxygen atoms in total. The van der Waals surface area contributed by atoms with E-state index in [2.05, 4.69) is 0 Å². The van der Waals surface area contributed by atoms with Crippen LogP contribution in [-0.2, 0) is 24.5 Å². The van der Waals surface area contributed by atoms with Crippen LogP contribution >= 0.6 is 0 Å². The molecule has 0 aromatic heterocycles. The van der Waals surface area contributed by atoms with Crippen molar-refractivity contribution in [2.45, 2.75) is 39.0 Å². The van der Waals surface area contributed by atoms with Gasteiger partial charge in [0.1, 0.15) is 0 Å². The molecule has 0 spiro atoms. The number of carbonyl (C=O) groups is 2. The molecule has 0 saturated heterocycles. The molecule has 0 N–H and O–H groups in total. The molecule has 0 saturated carbocycles. The van der Waals surface area contributed by atoms with E-state index in [1.54, 1.807) is 13.8 Å². The molecule has 0 atom stereocenters. The Bertz CT molecular complexity index is 611. The summed E-state index contributed by atoms with van der Waals surface area (Å²) in [7, 11) is 0. The molecular weight excluding hydrogens is 321 g/mol. The molecule has 1 aromatic carbocycles. The van der Waals surface area contributed by atoms with Gasteiger partial charge in [0.2, 0.25) is 5.82 Å². The van der Waals surface area contributed by atoms with Gasteiger partial charge in [0.05, 0.1) is 18.1 Å². The van der Waals surface area contributed by atoms with E-state index in [4.69, 9.17) is 9.47 Å². The van der Waals surface area contributed by atoms with Crippen molar-refractivity contribution in [3.8, 4) is 0 Å². The van der Waals surface area contributed by atoms with Crippen LogP contribution in [0, 0.1) is 15.9 Å². The largest absolute Gasteiger partial charge is 0.465 e. The number of nitro benzene ring substituents is 1. The van der Waals surface area contributed by atoms with Crippen molar-refractivity contribution in [2.24, 2.45) is 0 Å². The van der Waals surface area contributed by atoms with Gasteiger partial charge >= 0.3 is 17.6 Å². The Hall–Kier alpha value is -2.51. The van der Waals surface area contributed by atoms with Crippen LogP contribution in [-0.4, -0.2) is 30.1 Å². The number of nitro groups is 1. The second kappa shape index (κ2) is 8.37. The van der Waals surface area contributed by atoms with Crippen molar-refractivity contribution >= 4 is 17.6 Å². The molecule has 0 fully saturated rings. The Labute approximate surface area is 138 Å². The van der Waals surface area contributed by atoms with Gasteiger partial charge < -0.3 is 9.47 Å². The average molecular weight is 341 g/mol. The monoisotopic (exact) mass is 341 g/mol. The van der Waals surface area contributed by atoms with E-state index < -0.39 is 33.8 Å². The summed E-state index contributed by atoms with van der Waals surface area (Å²) in [6, 6.07) is 2.85. The number of ether oxygens (including phenoxy) is 2. The Balaban J connectivity index is 3.31. The standard InChI is InChI=1S/C16H20FNO6/c1-4-8-23-14(19)16(3,15(20)24-9-5-2)11-6-7-13(18(21)22)12(17)10-11/h6-7,10H,4-5,8-9H2,1-3H3. The first-order valence-corrected chi connectivity index (χ1v) is 7.57. The molecule has 0 bridgehead atoms.